The summed E-state index contributed by atoms with van der Waals surface area (Å²) in [6.45, 7) is 0.688. The molecular weight excluding hydrogens is 232 g/mol. The molecule has 1 aromatic rings. The van der Waals surface area contributed by atoms with Crippen LogP contribution in [0.15, 0.2) is 18.2 Å². The molecule has 1 aromatic carbocycles. The molecule has 0 heterocycles. The molecule has 2 N–H and O–H groups in total. The fraction of sp³-hybridized carbons (Fsp3) is 0.571. The predicted molar refractivity (Wildman–Crippen MR) is 74.9 cm³/mol. The van der Waals surface area contributed by atoms with Gasteiger partial charge in [-0.3, -0.25) is 0 Å². The average molecular weight is 253 g/mol. The van der Waals surface area contributed by atoms with Crippen LogP contribution < -0.4 is 10.6 Å². The Morgan fingerprint density at radius 3 is 2.71 bits per heavy atom. The number of rotatable bonds is 4. The van der Waals surface area contributed by atoms with Gasteiger partial charge in [-0.25, -0.2) is 0 Å². The van der Waals surface area contributed by atoms with E-state index < -0.39 is 0 Å². The van der Waals surface area contributed by atoms with Gasteiger partial charge >= 0.3 is 0 Å². The zero-order chi connectivity index (χ0) is 12.3. The van der Waals surface area contributed by atoms with Crippen LogP contribution in [0.3, 0.4) is 0 Å². The molecule has 1 saturated carbocycles. The van der Waals surface area contributed by atoms with Crippen LogP contribution in [0.5, 0.6) is 0 Å². The summed E-state index contributed by atoms with van der Waals surface area (Å²) in [5, 5.41) is 0.811. The van der Waals surface area contributed by atoms with Gasteiger partial charge in [-0.15, -0.1) is 0 Å². The van der Waals surface area contributed by atoms with Gasteiger partial charge < -0.3 is 10.6 Å². The first kappa shape index (κ1) is 12.7. The van der Waals surface area contributed by atoms with Gasteiger partial charge in [-0.1, -0.05) is 30.5 Å². The largest absolute Gasteiger partial charge is 0.371 e. The number of nitrogens with two attached hydrogens (primary N) is 1. The lowest BCUT2D eigenvalue weighted by Crippen LogP contribution is -2.29. The number of anilines is 1. The van der Waals surface area contributed by atoms with Crippen molar-refractivity contribution in [1.82, 2.24) is 0 Å². The van der Waals surface area contributed by atoms with Crippen LogP contribution in [0.2, 0.25) is 5.02 Å². The molecule has 0 atom stereocenters. The van der Waals surface area contributed by atoms with E-state index in [4.69, 9.17) is 17.3 Å². The quantitative estimate of drug-likeness (QED) is 0.892. The Balaban J connectivity index is 2.24. The first-order valence-corrected chi connectivity index (χ1v) is 6.81. The fourth-order valence-electron chi connectivity index (χ4n) is 2.72. The lowest BCUT2D eigenvalue weighted by molar-refractivity contribution is 0.650. The van der Waals surface area contributed by atoms with Crippen molar-refractivity contribution in [2.75, 3.05) is 18.5 Å². The third-order valence-corrected chi connectivity index (χ3v) is 3.95. The van der Waals surface area contributed by atoms with E-state index >= 15 is 0 Å². The molecule has 2 nitrogen and oxygen atoms in total. The molecule has 17 heavy (non-hydrogen) atoms. The van der Waals surface area contributed by atoms with E-state index in [1.165, 1.54) is 36.9 Å². The minimum absolute atomic E-state index is 0.671. The van der Waals surface area contributed by atoms with Crippen molar-refractivity contribution >= 4 is 17.3 Å². The maximum Gasteiger partial charge on any atom is 0.0426 e. The highest BCUT2D eigenvalue weighted by Gasteiger charge is 2.21. The van der Waals surface area contributed by atoms with E-state index in [-0.39, 0.29) is 0 Å². The molecule has 0 unspecified atom stereocenters. The van der Waals surface area contributed by atoms with Gasteiger partial charge in [-0.2, -0.15) is 0 Å². The Hall–Kier alpha value is -0.730. The molecule has 0 bridgehead atoms. The maximum atomic E-state index is 6.11. The molecule has 1 aliphatic rings. The topological polar surface area (TPSA) is 29.3 Å². The van der Waals surface area contributed by atoms with Crippen molar-refractivity contribution in [3.63, 3.8) is 0 Å². The SMILES string of the molecule is CN(c1cc(Cl)ccc1CCN)C1CCCC1. The average Bonchev–Trinajstić information content (AvgIpc) is 2.84. The highest BCUT2D eigenvalue weighted by molar-refractivity contribution is 6.30. The molecule has 1 fully saturated rings. The van der Waals surface area contributed by atoms with Gasteiger partial charge in [0.1, 0.15) is 0 Å². The van der Waals surface area contributed by atoms with Crippen LogP contribution in [0.1, 0.15) is 31.2 Å². The second-order valence-electron chi connectivity index (χ2n) is 4.86. The first-order valence-electron chi connectivity index (χ1n) is 6.43. The summed E-state index contributed by atoms with van der Waals surface area (Å²) >= 11 is 6.11. The summed E-state index contributed by atoms with van der Waals surface area (Å²) in [7, 11) is 2.18. The van der Waals surface area contributed by atoms with E-state index in [1.807, 2.05) is 6.07 Å². The Bertz CT molecular complexity index is 372. The van der Waals surface area contributed by atoms with Crippen LogP contribution in [0.25, 0.3) is 0 Å². The lowest BCUT2D eigenvalue weighted by Gasteiger charge is -2.29. The molecule has 0 aliphatic heterocycles. The number of benzene rings is 1. The third kappa shape index (κ3) is 2.93. The van der Waals surface area contributed by atoms with Crippen LogP contribution >= 0.6 is 11.6 Å². The summed E-state index contributed by atoms with van der Waals surface area (Å²) in [5.74, 6) is 0. The molecule has 0 saturated heterocycles. The molecule has 1 aliphatic carbocycles. The van der Waals surface area contributed by atoms with Crippen molar-refractivity contribution in [3.8, 4) is 0 Å². The minimum atomic E-state index is 0.671. The fourth-order valence-corrected chi connectivity index (χ4v) is 2.89. The number of hydrogen-bond donors (Lipinski definition) is 1. The number of hydrogen-bond acceptors (Lipinski definition) is 2. The Morgan fingerprint density at radius 2 is 2.06 bits per heavy atom. The zero-order valence-electron chi connectivity index (χ0n) is 10.5. The molecule has 0 radical (unpaired) electrons. The second kappa shape index (κ2) is 5.74. The van der Waals surface area contributed by atoms with Crippen molar-refractivity contribution in [3.05, 3.63) is 28.8 Å². The predicted octanol–water partition coefficient (Wildman–Crippen LogP) is 3.22. The molecule has 3 heteroatoms. The van der Waals surface area contributed by atoms with Crippen molar-refractivity contribution in [2.24, 2.45) is 5.73 Å². The van der Waals surface area contributed by atoms with Crippen LogP contribution in [-0.4, -0.2) is 19.6 Å². The van der Waals surface area contributed by atoms with Gasteiger partial charge in [0, 0.05) is 23.8 Å². The lowest BCUT2D eigenvalue weighted by atomic mass is 10.1. The van der Waals surface area contributed by atoms with Gasteiger partial charge in [0.2, 0.25) is 0 Å². The van der Waals surface area contributed by atoms with E-state index in [1.54, 1.807) is 0 Å². The Morgan fingerprint density at radius 1 is 1.35 bits per heavy atom. The second-order valence-corrected chi connectivity index (χ2v) is 5.30. The van der Waals surface area contributed by atoms with E-state index in [2.05, 4.69) is 24.1 Å². The molecule has 0 aromatic heterocycles. The summed E-state index contributed by atoms with van der Waals surface area (Å²) in [4.78, 5) is 2.39. The number of halogens is 1. The van der Waals surface area contributed by atoms with Crippen LogP contribution in [0.4, 0.5) is 5.69 Å². The minimum Gasteiger partial charge on any atom is -0.371 e. The van der Waals surface area contributed by atoms with Crippen LogP contribution in [0, 0.1) is 0 Å². The van der Waals surface area contributed by atoms with Gasteiger partial charge in [0.15, 0.2) is 0 Å². The number of nitrogens with zero attached hydrogens (tertiary/aromatic N) is 1. The van der Waals surface area contributed by atoms with Crippen LogP contribution in [-0.2, 0) is 6.42 Å². The molecule has 94 valence electrons. The zero-order valence-corrected chi connectivity index (χ0v) is 11.2. The summed E-state index contributed by atoms with van der Waals surface area (Å²) in [6, 6.07) is 6.81. The molecular formula is C14H21ClN2. The third-order valence-electron chi connectivity index (χ3n) is 3.71. The summed E-state index contributed by atoms with van der Waals surface area (Å²) in [6.07, 6.45) is 6.21. The normalized spacial score (nSPS) is 16.4. The maximum absolute atomic E-state index is 6.11. The van der Waals surface area contributed by atoms with E-state index in [0.29, 0.717) is 12.6 Å². The first-order chi connectivity index (χ1) is 8.22. The Labute approximate surface area is 109 Å². The highest BCUT2D eigenvalue weighted by atomic mass is 35.5. The van der Waals surface area contributed by atoms with E-state index in [9.17, 15) is 0 Å². The van der Waals surface area contributed by atoms with Crippen molar-refractivity contribution in [2.45, 2.75) is 38.1 Å². The van der Waals surface area contributed by atoms with Crippen molar-refractivity contribution in [1.29, 1.82) is 0 Å². The van der Waals surface area contributed by atoms with Gasteiger partial charge in [-0.05, 0) is 43.5 Å². The monoisotopic (exact) mass is 252 g/mol. The Kier molecular flexibility index (Phi) is 4.30. The molecule has 0 amide bonds. The van der Waals surface area contributed by atoms with Gasteiger partial charge in [0.05, 0.1) is 0 Å². The summed E-state index contributed by atoms with van der Waals surface area (Å²) < 4.78 is 0. The standard InChI is InChI=1S/C14H21ClN2/c1-17(13-4-2-3-5-13)14-10-12(15)7-6-11(14)8-9-16/h6-7,10,13H,2-5,8-9,16H2,1H3. The van der Waals surface area contributed by atoms with Crippen molar-refractivity contribution < 1.29 is 0 Å². The molecule has 2 rings (SSSR count). The summed E-state index contributed by atoms with van der Waals surface area (Å²) in [5.41, 5.74) is 8.24. The molecule has 0 spiro atoms. The smallest absolute Gasteiger partial charge is 0.0426 e. The van der Waals surface area contributed by atoms with E-state index in [0.717, 1.165) is 11.4 Å². The van der Waals surface area contributed by atoms with Gasteiger partial charge in [0.25, 0.3) is 0 Å². The highest BCUT2D eigenvalue weighted by Crippen LogP contribution is 2.31.